The summed E-state index contributed by atoms with van der Waals surface area (Å²) in [4.78, 5) is 11.0. The Bertz CT molecular complexity index is 828. The molecule has 2 aromatic rings. The number of carboxylic acids is 1. The number of sulfonamides is 1. The number of benzene rings is 1. The highest BCUT2D eigenvalue weighted by molar-refractivity contribution is 7.89. The van der Waals surface area contributed by atoms with Gasteiger partial charge in [-0.25, -0.2) is 13.2 Å². The third-order valence-electron chi connectivity index (χ3n) is 3.77. The first-order chi connectivity index (χ1) is 10.6. The molecule has 1 unspecified atom stereocenters. The van der Waals surface area contributed by atoms with Crippen molar-refractivity contribution >= 4 is 27.6 Å². The van der Waals surface area contributed by atoms with Crippen LogP contribution < -0.4 is 0 Å². The molecule has 0 aliphatic carbocycles. The van der Waals surface area contributed by atoms with Gasteiger partial charge >= 0.3 is 5.97 Å². The molecular formula is C15H17ClN2O4S. The van der Waals surface area contributed by atoms with Crippen LogP contribution in [0.1, 0.15) is 29.0 Å². The van der Waals surface area contributed by atoms with Crippen molar-refractivity contribution in [2.75, 3.05) is 7.05 Å². The summed E-state index contributed by atoms with van der Waals surface area (Å²) in [5.74, 6) is -1.18. The van der Waals surface area contributed by atoms with Gasteiger partial charge < -0.3 is 9.67 Å². The molecule has 0 saturated heterocycles. The Labute approximate surface area is 140 Å². The van der Waals surface area contributed by atoms with Crippen molar-refractivity contribution in [2.24, 2.45) is 7.05 Å². The van der Waals surface area contributed by atoms with Crippen LogP contribution >= 0.6 is 11.6 Å². The van der Waals surface area contributed by atoms with Crippen LogP contribution in [0.15, 0.2) is 41.4 Å². The molecule has 1 N–H and O–H groups in total. The van der Waals surface area contributed by atoms with Gasteiger partial charge in [-0.2, -0.15) is 4.31 Å². The van der Waals surface area contributed by atoms with E-state index in [-0.39, 0.29) is 10.6 Å². The van der Waals surface area contributed by atoms with E-state index in [1.807, 2.05) is 0 Å². The van der Waals surface area contributed by atoms with E-state index < -0.39 is 22.0 Å². The smallest absolute Gasteiger partial charge is 0.352 e. The molecule has 0 saturated carbocycles. The number of aromatic carboxylic acids is 1. The third kappa shape index (κ3) is 3.41. The Morgan fingerprint density at radius 3 is 2.35 bits per heavy atom. The minimum Gasteiger partial charge on any atom is -0.477 e. The number of halogens is 1. The topological polar surface area (TPSA) is 79.6 Å². The van der Waals surface area contributed by atoms with E-state index in [0.717, 1.165) is 11.6 Å². The van der Waals surface area contributed by atoms with Crippen molar-refractivity contribution in [3.8, 4) is 0 Å². The van der Waals surface area contributed by atoms with Gasteiger partial charge in [0.1, 0.15) is 10.6 Å². The predicted octanol–water partition coefficient (Wildman–Crippen LogP) is 2.76. The van der Waals surface area contributed by atoms with Gasteiger partial charge in [0.05, 0.1) is 0 Å². The highest BCUT2D eigenvalue weighted by Crippen LogP contribution is 2.27. The zero-order valence-electron chi connectivity index (χ0n) is 12.9. The first kappa shape index (κ1) is 17.5. The van der Waals surface area contributed by atoms with Crippen molar-refractivity contribution in [3.63, 3.8) is 0 Å². The number of carbonyl (C=O) groups is 1. The van der Waals surface area contributed by atoms with Gasteiger partial charge in [-0.1, -0.05) is 23.7 Å². The van der Waals surface area contributed by atoms with E-state index in [2.05, 4.69) is 0 Å². The van der Waals surface area contributed by atoms with Gasteiger partial charge in [-0.15, -0.1) is 0 Å². The normalized spacial score (nSPS) is 13.3. The summed E-state index contributed by atoms with van der Waals surface area (Å²) in [6.07, 6.45) is 1.30. The van der Waals surface area contributed by atoms with Crippen molar-refractivity contribution in [3.05, 3.63) is 52.8 Å². The number of nitrogens with zero attached hydrogens (tertiary/aromatic N) is 2. The van der Waals surface area contributed by atoms with Gasteiger partial charge in [-0.3, -0.25) is 0 Å². The number of aromatic nitrogens is 1. The Balaban J connectivity index is 2.36. The van der Waals surface area contributed by atoms with Crippen LogP contribution in [-0.4, -0.2) is 35.4 Å². The number of aryl methyl sites for hydroxylation is 1. The molecule has 2 rings (SSSR count). The van der Waals surface area contributed by atoms with Crippen LogP contribution in [0, 0.1) is 0 Å². The summed E-state index contributed by atoms with van der Waals surface area (Å²) < 4.78 is 27.9. The molecule has 1 atom stereocenters. The van der Waals surface area contributed by atoms with E-state index in [9.17, 15) is 13.2 Å². The van der Waals surface area contributed by atoms with E-state index in [1.54, 1.807) is 31.2 Å². The fourth-order valence-corrected chi connectivity index (χ4v) is 3.76. The Morgan fingerprint density at radius 1 is 1.30 bits per heavy atom. The van der Waals surface area contributed by atoms with Crippen molar-refractivity contribution in [2.45, 2.75) is 17.9 Å². The molecule has 0 aliphatic heterocycles. The van der Waals surface area contributed by atoms with E-state index in [1.165, 1.54) is 29.2 Å². The molecule has 124 valence electrons. The molecule has 0 radical (unpaired) electrons. The maximum atomic E-state index is 12.7. The maximum absolute atomic E-state index is 12.7. The van der Waals surface area contributed by atoms with Gasteiger partial charge in [-0.05, 0) is 30.7 Å². The lowest BCUT2D eigenvalue weighted by molar-refractivity contribution is 0.0686. The maximum Gasteiger partial charge on any atom is 0.352 e. The fraction of sp³-hybridized carbons (Fsp3) is 0.267. The van der Waals surface area contributed by atoms with Gasteiger partial charge in [0.2, 0.25) is 10.0 Å². The standard InChI is InChI=1S/C15H17ClN2O4S/c1-10(11-4-6-12(16)7-5-11)18(3)23(21,22)13-8-14(15(19)20)17(2)9-13/h4-10H,1-3H3,(H,19,20). The number of hydrogen-bond donors (Lipinski definition) is 1. The molecule has 0 bridgehead atoms. The molecular weight excluding hydrogens is 340 g/mol. The molecule has 1 aromatic carbocycles. The SMILES string of the molecule is CC(c1ccc(Cl)cc1)N(C)S(=O)(=O)c1cc(C(=O)O)n(C)c1. The zero-order chi connectivity index (χ0) is 17.4. The van der Waals surface area contributed by atoms with Crippen molar-refractivity contribution in [1.82, 2.24) is 8.87 Å². The zero-order valence-corrected chi connectivity index (χ0v) is 14.5. The van der Waals surface area contributed by atoms with Crippen LogP contribution in [0.4, 0.5) is 0 Å². The lowest BCUT2D eigenvalue weighted by atomic mass is 10.1. The largest absolute Gasteiger partial charge is 0.477 e. The number of rotatable bonds is 5. The van der Waals surface area contributed by atoms with Gasteiger partial charge in [0, 0.05) is 31.4 Å². The van der Waals surface area contributed by atoms with Crippen molar-refractivity contribution in [1.29, 1.82) is 0 Å². The first-order valence-corrected chi connectivity index (χ1v) is 8.59. The monoisotopic (exact) mass is 356 g/mol. The van der Waals surface area contributed by atoms with Crippen LogP contribution in [0.3, 0.4) is 0 Å². The van der Waals surface area contributed by atoms with Crippen LogP contribution in [-0.2, 0) is 17.1 Å². The summed E-state index contributed by atoms with van der Waals surface area (Å²) in [6.45, 7) is 1.75. The second-order valence-corrected chi connectivity index (χ2v) is 7.66. The summed E-state index contributed by atoms with van der Waals surface area (Å²) in [6, 6.07) is 7.63. The van der Waals surface area contributed by atoms with Crippen LogP contribution in [0.5, 0.6) is 0 Å². The summed E-state index contributed by atoms with van der Waals surface area (Å²) in [5.41, 5.74) is 0.700. The fourth-order valence-electron chi connectivity index (χ4n) is 2.21. The van der Waals surface area contributed by atoms with Crippen molar-refractivity contribution < 1.29 is 18.3 Å². The average Bonchev–Trinajstić information content (AvgIpc) is 2.89. The Hall–Kier alpha value is -1.83. The van der Waals surface area contributed by atoms with E-state index >= 15 is 0 Å². The van der Waals surface area contributed by atoms with Crippen LogP contribution in [0.2, 0.25) is 5.02 Å². The average molecular weight is 357 g/mol. The molecule has 23 heavy (non-hydrogen) atoms. The Kier molecular flexibility index (Phi) is 4.84. The summed E-state index contributed by atoms with van der Waals surface area (Å²) in [5, 5.41) is 9.62. The van der Waals surface area contributed by atoms with E-state index in [0.29, 0.717) is 5.02 Å². The highest BCUT2D eigenvalue weighted by Gasteiger charge is 2.28. The minimum atomic E-state index is -3.82. The molecule has 0 amide bonds. The lowest BCUT2D eigenvalue weighted by Gasteiger charge is -2.24. The second kappa shape index (κ2) is 6.35. The summed E-state index contributed by atoms with van der Waals surface area (Å²) in [7, 11) is -0.864. The predicted molar refractivity (Wildman–Crippen MR) is 87.2 cm³/mol. The van der Waals surface area contributed by atoms with Crippen LogP contribution in [0.25, 0.3) is 0 Å². The molecule has 0 spiro atoms. The minimum absolute atomic E-state index is 0.0549. The van der Waals surface area contributed by atoms with Gasteiger partial charge in [0.15, 0.2) is 0 Å². The molecule has 1 heterocycles. The quantitative estimate of drug-likeness (QED) is 0.893. The first-order valence-electron chi connectivity index (χ1n) is 6.77. The molecule has 1 aromatic heterocycles. The molecule has 0 fully saturated rings. The Morgan fingerprint density at radius 2 is 1.87 bits per heavy atom. The van der Waals surface area contributed by atoms with Gasteiger partial charge in [0.25, 0.3) is 0 Å². The number of carboxylic acid groups (broad SMARTS) is 1. The molecule has 0 aliphatic rings. The second-order valence-electron chi connectivity index (χ2n) is 5.23. The van der Waals surface area contributed by atoms with E-state index in [4.69, 9.17) is 16.7 Å². The lowest BCUT2D eigenvalue weighted by Crippen LogP contribution is -2.29. The summed E-state index contributed by atoms with van der Waals surface area (Å²) >= 11 is 5.84. The highest BCUT2D eigenvalue weighted by atomic mass is 35.5. The third-order valence-corrected chi connectivity index (χ3v) is 5.92. The molecule has 6 nitrogen and oxygen atoms in total. The molecule has 8 heteroatoms. The number of hydrogen-bond acceptors (Lipinski definition) is 3.